The molecule has 0 radical (unpaired) electrons. The molecule has 0 aliphatic heterocycles. The van der Waals surface area contributed by atoms with Crippen LogP contribution in [-0.2, 0) is 13.4 Å². The van der Waals surface area contributed by atoms with Crippen LogP contribution in [0.2, 0.25) is 0 Å². The fourth-order valence-electron chi connectivity index (χ4n) is 0.810. The van der Waals surface area contributed by atoms with Crippen LogP contribution in [0.15, 0.2) is 24.3 Å². The lowest BCUT2D eigenvalue weighted by molar-refractivity contribution is 0.227. The monoisotopic (exact) mass is 270 g/mol. The number of hydrogen-bond acceptors (Lipinski definition) is 5. The average Bonchev–Trinajstić information content (AvgIpc) is 2.04. The van der Waals surface area contributed by atoms with Crippen LogP contribution in [-0.4, -0.2) is 19.8 Å². The first-order valence-corrected chi connectivity index (χ1v) is 6.79. The molecule has 0 amide bonds. The van der Waals surface area contributed by atoms with Gasteiger partial charge in [-0.3, -0.25) is 4.89 Å². The van der Waals surface area contributed by atoms with E-state index < -0.39 is 27.1 Å². The van der Waals surface area contributed by atoms with Crippen molar-refractivity contribution < 1.29 is 37.8 Å². The van der Waals surface area contributed by atoms with Gasteiger partial charge in [0.15, 0.2) is 11.5 Å². The van der Waals surface area contributed by atoms with E-state index in [1.165, 1.54) is 12.1 Å². The highest BCUT2D eigenvalue weighted by molar-refractivity contribution is 7.60. The topological polar surface area (TPSA) is 134 Å². The zero-order valence-corrected chi connectivity index (χ0v) is 9.41. The number of para-hydroxylation sites is 2. The lowest BCUT2D eigenvalue weighted by atomic mass is 10.3. The zero-order valence-electron chi connectivity index (χ0n) is 7.63. The van der Waals surface area contributed by atoms with Gasteiger partial charge in [-0.05, 0) is 12.1 Å². The molecule has 0 aliphatic carbocycles. The lowest BCUT2D eigenvalue weighted by Crippen LogP contribution is -1.96. The van der Waals surface area contributed by atoms with E-state index in [2.05, 4.69) is 8.83 Å². The molecule has 0 aromatic heterocycles. The van der Waals surface area contributed by atoms with Crippen LogP contribution >= 0.6 is 15.6 Å². The molecule has 0 bridgehead atoms. The van der Waals surface area contributed by atoms with Gasteiger partial charge in [-0.25, -0.2) is 9.13 Å². The van der Waals surface area contributed by atoms with Crippen LogP contribution in [0.4, 0.5) is 0 Å². The third kappa shape index (κ3) is 4.32. The fourth-order valence-corrected chi connectivity index (χ4v) is 2.42. The van der Waals surface area contributed by atoms with Crippen LogP contribution < -0.4 is 4.52 Å². The number of hydrogen-bond donors (Lipinski definition) is 4. The Morgan fingerprint density at radius 3 is 2.12 bits per heavy atom. The Balaban J connectivity index is 2.85. The summed E-state index contributed by atoms with van der Waals surface area (Å²) >= 11 is 0. The Morgan fingerprint density at radius 1 is 1.06 bits per heavy atom. The third-order valence-corrected chi connectivity index (χ3v) is 3.39. The first-order valence-electron chi connectivity index (χ1n) is 3.77. The van der Waals surface area contributed by atoms with Gasteiger partial charge in [-0.1, -0.05) is 12.1 Å². The van der Waals surface area contributed by atoms with E-state index in [9.17, 15) is 9.13 Å². The predicted octanol–water partition coefficient (Wildman–Crippen LogP) is 0.981. The smallest absolute Gasteiger partial charge is 0.504 e. The minimum atomic E-state index is -5.16. The molecule has 1 aromatic carbocycles. The largest absolute Gasteiger partial charge is 0.536 e. The van der Waals surface area contributed by atoms with Crippen molar-refractivity contribution in [2.75, 3.05) is 0 Å². The summed E-state index contributed by atoms with van der Waals surface area (Å²) in [6.45, 7) is 0. The molecule has 16 heavy (non-hydrogen) atoms. The second kappa shape index (κ2) is 4.55. The van der Waals surface area contributed by atoms with Gasteiger partial charge in [-0.15, -0.1) is 0 Å². The molecule has 90 valence electrons. The summed E-state index contributed by atoms with van der Waals surface area (Å²) in [4.78, 5) is 25.6. The first kappa shape index (κ1) is 13.2. The number of aromatic hydroxyl groups is 1. The van der Waals surface area contributed by atoms with E-state index in [0.29, 0.717) is 0 Å². The second-order valence-electron chi connectivity index (χ2n) is 2.60. The Bertz CT molecular complexity index is 465. The molecule has 1 unspecified atom stereocenters. The standard InChI is InChI=1S/C6H8O8P2/c7-5-3-1-2-4-6(5)13-16(11,12)14-15(8,9)10/h1-4,7H,(H,11,12)(H2,8,9,10). The lowest BCUT2D eigenvalue weighted by Gasteiger charge is -2.13. The van der Waals surface area contributed by atoms with Crippen LogP contribution in [0.3, 0.4) is 0 Å². The van der Waals surface area contributed by atoms with Crippen molar-refractivity contribution in [1.29, 1.82) is 0 Å². The Hall–Kier alpha value is -0.880. The summed E-state index contributed by atoms with van der Waals surface area (Å²) in [5, 5.41) is 9.17. The summed E-state index contributed by atoms with van der Waals surface area (Å²) in [6.07, 6.45) is 0. The summed E-state index contributed by atoms with van der Waals surface area (Å²) < 4.78 is 29.2. The van der Waals surface area contributed by atoms with Gasteiger partial charge in [-0.2, -0.15) is 4.31 Å². The molecule has 0 spiro atoms. The van der Waals surface area contributed by atoms with Crippen molar-refractivity contribution >= 4 is 15.6 Å². The summed E-state index contributed by atoms with van der Waals surface area (Å²) in [7, 11) is -10.1. The van der Waals surface area contributed by atoms with E-state index >= 15 is 0 Å². The molecular formula is C6H8O8P2. The van der Waals surface area contributed by atoms with Crippen LogP contribution in [0.25, 0.3) is 0 Å². The van der Waals surface area contributed by atoms with Gasteiger partial charge in [0.25, 0.3) is 0 Å². The summed E-state index contributed by atoms with van der Waals surface area (Å²) in [5.74, 6) is -0.895. The van der Waals surface area contributed by atoms with E-state index in [4.69, 9.17) is 19.8 Å². The fraction of sp³-hybridized carbons (Fsp3) is 0. The van der Waals surface area contributed by atoms with Crippen LogP contribution in [0.1, 0.15) is 0 Å². The average molecular weight is 270 g/mol. The highest BCUT2D eigenvalue weighted by Crippen LogP contribution is 2.57. The van der Waals surface area contributed by atoms with Gasteiger partial charge in [0.2, 0.25) is 0 Å². The van der Waals surface area contributed by atoms with Gasteiger partial charge in [0.1, 0.15) is 0 Å². The molecule has 0 aliphatic rings. The molecular weight excluding hydrogens is 262 g/mol. The van der Waals surface area contributed by atoms with E-state index in [0.717, 1.165) is 12.1 Å². The Labute approximate surface area is 89.9 Å². The predicted molar refractivity (Wildman–Crippen MR) is 51.7 cm³/mol. The highest BCUT2D eigenvalue weighted by atomic mass is 31.3. The van der Waals surface area contributed by atoms with Crippen molar-refractivity contribution in [3.05, 3.63) is 24.3 Å². The van der Waals surface area contributed by atoms with Gasteiger partial charge >= 0.3 is 15.6 Å². The van der Waals surface area contributed by atoms with Crippen LogP contribution in [0.5, 0.6) is 11.5 Å². The maximum absolute atomic E-state index is 11.1. The summed E-state index contributed by atoms with van der Waals surface area (Å²) in [5.41, 5.74) is 0. The normalized spacial score (nSPS) is 15.4. The number of phenols is 1. The number of phosphoric acid groups is 2. The minimum Gasteiger partial charge on any atom is -0.504 e. The SMILES string of the molecule is O=P(O)(O)OP(=O)(O)Oc1ccccc1O. The second-order valence-corrected chi connectivity index (χ2v) is 5.35. The maximum Gasteiger partial charge on any atom is 0.536 e. The van der Waals surface area contributed by atoms with Crippen molar-refractivity contribution in [2.45, 2.75) is 0 Å². The molecule has 10 heteroatoms. The number of phosphoric ester groups is 1. The van der Waals surface area contributed by atoms with E-state index in [1.54, 1.807) is 0 Å². The molecule has 0 saturated heterocycles. The first-order chi connectivity index (χ1) is 7.20. The third-order valence-electron chi connectivity index (χ3n) is 1.29. The highest BCUT2D eigenvalue weighted by Gasteiger charge is 2.34. The van der Waals surface area contributed by atoms with Crippen molar-refractivity contribution in [3.63, 3.8) is 0 Å². The van der Waals surface area contributed by atoms with Crippen molar-refractivity contribution in [1.82, 2.24) is 0 Å². The maximum atomic E-state index is 11.1. The van der Waals surface area contributed by atoms with Crippen molar-refractivity contribution in [2.24, 2.45) is 0 Å². The molecule has 1 atom stereocenters. The molecule has 4 N–H and O–H groups in total. The molecule has 0 saturated carbocycles. The van der Waals surface area contributed by atoms with Gasteiger partial charge in [0, 0.05) is 0 Å². The van der Waals surface area contributed by atoms with Gasteiger partial charge < -0.3 is 19.4 Å². The minimum absolute atomic E-state index is 0.429. The number of phenolic OH excluding ortho intramolecular Hbond substituents is 1. The number of rotatable bonds is 4. The van der Waals surface area contributed by atoms with Crippen molar-refractivity contribution in [3.8, 4) is 11.5 Å². The molecule has 1 aromatic rings. The number of benzene rings is 1. The molecule has 0 fully saturated rings. The van der Waals surface area contributed by atoms with E-state index in [-0.39, 0.29) is 0 Å². The molecule has 8 nitrogen and oxygen atoms in total. The zero-order chi connectivity index (χ0) is 12.4. The van der Waals surface area contributed by atoms with E-state index in [1.807, 2.05) is 0 Å². The quantitative estimate of drug-likeness (QED) is 0.595. The van der Waals surface area contributed by atoms with Gasteiger partial charge in [0.05, 0.1) is 0 Å². The Kier molecular flexibility index (Phi) is 3.75. The molecule has 1 rings (SSSR count). The Morgan fingerprint density at radius 2 is 1.62 bits per heavy atom. The molecule has 0 heterocycles. The summed E-state index contributed by atoms with van der Waals surface area (Å²) in [6, 6.07) is 5.09. The van der Waals surface area contributed by atoms with Crippen LogP contribution in [0, 0.1) is 0 Å².